The number of pyridine rings is 1. The zero-order chi connectivity index (χ0) is 10.7. The van der Waals surface area contributed by atoms with Gasteiger partial charge in [0.15, 0.2) is 0 Å². The first-order chi connectivity index (χ1) is 6.54. The van der Waals surface area contributed by atoms with Gasteiger partial charge in [0, 0.05) is 18.8 Å². The highest BCUT2D eigenvalue weighted by Gasteiger charge is 2.06. The van der Waals surface area contributed by atoms with E-state index in [1.807, 2.05) is 6.92 Å². The van der Waals surface area contributed by atoms with Gasteiger partial charge in [0.25, 0.3) is 5.56 Å². The minimum atomic E-state index is -0.250. The van der Waals surface area contributed by atoms with Crippen LogP contribution in [0.4, 0.5) is 0 Å². The molecule has 0 saturated heterocycles. The first-order valence-corrected chi connectivity index (χ1v) is 5.11. The molecule has 0 saturated carbocycles. The van der Waals surface area contributed by atoms with Crippen molar-refractivity contribution >= 4 is 23.2 Å². The summed E-state index contributed by atoms with van der Waals surface area (Å²) in [7, 11) is 0. The second-order valence-corrected chi connectivity index (χ2v) is 3.98. The fourth-order valence-corrected chi connectivity index (χ4v) is 1.59. The number of nitrogens with zero attached hydrogens (tertiary/aromatic N) is 1. The number of hydrogen-bond donors (Lipinski definition) is 1. The van der Waals surface area contributed by atoms with Gasteiger partial charge in [-0.05, 0) is 12.5 Å². The summed E-state index contributed by atoms with van der Waals surface area (Å²) in [5.41, 5.74) is 5.48. The molecule has 0 radical (unpaired) electrons. The van der Waals surface area contributed by atoms with Gasteiger partial charge in [0.05, 0.1) is 5.02 Å². The molecule has 78 valence electrons. The Labute approximate surface area is 92.4 Å². The Kier molecular flexibility index (Phi) is 3.98. The van der Waals surface area contributed by atoms with Crippen molar-refractivity contribution in [2.75, 3.05) is 0 Å². The van der Waals surface area contributed by atoms with Gasteiger partial charge in [-0.25, -0.2) is 0 Å². The van der Waals surface area contributed by atoms with E-state index in [2.05, 4.69) is 0 Å². The quantitative estimate of drug-likeness (QED) is 0.869. The minimum Gasteiger partial charge on any atom is -0.326 e. The Morgan fingerprint density at radius 2 is 2.21 bits per heavy atom. The predicted molar refractivity (Wildman–Crippen MR) is 59.0 cm³/mol. The first kappa shape index (κ1) is 11.6. The third-order valence-corrected chi connectivity index (χ3v) is 2.44. The number of nitrogens with two attached hydrogens (primary N) is 1. The van der Waals surface area contributed by atoms with Crippen LogP contribution in [-0.2, 0) is 6.54 Å². The monoisotopic (exact) mass is 234 g/mol. The van der Waals surface area contributed by atoms with Crippen LogP contribution in [0, 0.1) is 0 Å². The molecule has 0 spiro atoms. The second kappa shape index (κ2) is 4.82. The van der Waals surface area contributed by atoms with Gasteiger partial charge in [-0.3, -0.25) is 4.79 Å². The van der Waals surface area contributed by atoms with E-state index in [1.165, 1.54) is 10.6 Å². The molecule has 3 nitrogen and oxygen atoms in total. The molecular weight excluding hydrogens is 223 g/mol. The van der Waals surface area contributed by atoms with E-state index in [0.717, 1.165) is 6.42 Å². The van der Waals surface area contributed by atoms with Crippen LogP contribution in [0.5, 0.6) is 0 Å². The standard InChI is InChI=1S/C9H12Cl2N2O/c1-2-7(12)5-13-4-6(10)3-8(11)9(13)14/h3-4,7H,2,5,12H2,1H3. The van der Waals surface area contributed by atoms with E-state index < -0.39 is 0 Å². The largest absolute Gasteiger partial charge is 0.326 e. The van der Waals surface area contributed by atoms with Crippen LogP contribution in [0.25, 0.3) is 0 Å². The number of aromatic nitrogens is 1. The molecule has 0 bridgehead atoms. The topological polar surface area (TPSA) is 48.0 Å². The zero-order valence-electron chi connectivity index (χ0n) is 7.84. The zero-order valence-corrected chi connectivity index (χ0v) is 9.35. The summed E-state index contributed by atoms with van der Waals surface area (Å²) in [5, 5.41) is 0.568. The SMILES string of the molecule is CCC(N)Cn1cc(Cl)cc(Cl)c1=O. The molecular formula is C9H12Cl2N2O. The molecule has 0 aromatic carbocycles. The Morgan fingerprint density at radius 3 is 2.79 bits per heavy atom. The summed E-state index contributed by atoms with van der Waals surface area (Å²) in [6, 6.07) is 1.38. The molecule has 1 heterocycles. The van der Waals surface area contributed by atoms with Crippen LogP contribution < -0.4 is 11.3 Å². The Hall–Kier alpha value is -0.510. The molecule has 5 heteroatoms. The fourth-order valence-electron chi connectivity index (χ4n) is 1.08. The summed E-state index contributed by atoms with van der Waals surface area (Å²) in [4.78, 5) is 11.5. The summed E-state index contributed by atoms with van der Waals surface area (Å²) in [5.74, 6) is 0. The lowest BCUT2D eigenvalue weighted by molar-refractivity contribution is 0.527. The Bertz CT molecular complexity index is 376. The van der Waals surface area contributed by atoms with Crippen LogP contribution in [0.15, 0.2) is 17.1 Å². The van der Waals surface area contributed by atoms with Crippen molar-refractivity contribution in [3.8, 4) is 0 Å². The lowest BCUT2D eigenvalue weighted by atomic mass is 10.2. The molecule has 1 aromatic heterocycles. The first-order valence-electron chi connectivity index (χ1n) is 4.35. The van der Waals surface area contributed by atoms with Crippen LogP contribution in [0.1, 0.15) is 13.3 Å². The lowest BCUT2D eigenvalue weighted by Crippen LogP contribution is -2.31. The maximum atomic E-state index is 11.5. The Morgan fingerprint density at radius 1 is 1.57 bits per heavy atom. The third-order valence-electron chi connectivity index (χ3n) is 1.96. The highest BCUT2D eigenvalue weighted by Crippen LogP contribution is 2.11. The average Bonchev–Trinajstić information content (AvgIpc) is 2.13. The van der Waals surface area contributed by atoms with Crippen molar-refractivity contribution in [2.45, 2.75) is 25.9 Å². The summed E-state index contributed by atoms with van der Waals surface area (Å²) < 4.78 is 1.44. The van der Waals surface area contributed by atoms with Gasteiger partial charge in [0.1, 0.15) is 5.02 Å². The van der Waals surface area contributed by atoms with E-state index in [1.54, 1.807) is 6.20 Å². The smallest absolute Gasteiger partial charge is 0.269 e. The molecule has 14 heavy (non-hydrogen) atoms. The average molecular weight is 235 g/mol. The molecule has 0 amide bonds. The van der Waals surface area contributed by atoms with Crippen molar-refractivity contribution in [3.05, 3.63) is 32.7 Å². The van der Waals surface area contributed by atoms with Crippen molar-refractivity contribution in [1.82, 2.24) is 4.57 Å². The van der Waals surface area contributed by atoms with Gasteiger partial charge < -0.3 is 10.3 Å². The maximum absolute atomic E-state index is 11.5. The fraction of sp³-hybridized carbons (Fsp3) is 0.444. The van der Waals surface area contributed by atoms with Gasteiger partial charge in [-0.15, -0.1) is 0 Å². The number of halogens is 2. The van der Waals surface area contributed by atoms with Crippen molar-refractivity contribution in [2.24, 2.45) is 5.73 Å². The third kappa shape index (κ3) is 2.74. The van der Waals surface area contributed by atoms with Crippen LogP contribution in [-0.4, -0.2) is 10.6 Å². The molecule has 0 aliphatic rings. The van der Waals surface area contributed by atoms with Gasteiger partial charge in [0.2, 0.25) is 0 Å². The number of hydrogen-bond acceptors (Lipinski definition) is 2. The van der Waals surface area contributed by atoms with Crippen LogP contribution >= 0.6 is 23.2 Å². The predicted octanol–water partition coefficient (Wildman–Crippen LogP) is 1.89. The second-order valence-electron chi connectivity index (χ2n) is 3.13. The van der Waals surface area contributed by atoms with E-state index in [-0.39, 0.29) is 16.6 Å². The molecule has 1 rings (SSSR count). The van der Waals surface area contributed by atoms with Gasteiger partial charge in [-0.2, -0.15) is 0 Å². The van der Waals surface area contributed by atoms with Crippen molar-refractivity contribution in [1.29, 1.82) is 0 Å². The molecule has 0 aliphatic heterocycles. The highest BCUT2D eigenvalue weighted by molar-refractivity contribution is 6.34. The molecule has 1 atom stereocenters. The van der Waals surface area contributed by atoms with Crippen LogP contribution in [0.2, 0.25) is 10.0 Å². The van der Waals surface area contributed by atoms with Gasteiger partial charge >= 0.3 is 0 Å². The molecule has 2 N–H and O–H groups in total. The van der Waals surface area contributed by atoms with E-state index in [0.29, 0.717) is 11.6 Å². The molecule has 0 aliphatic carbocycles. The Balaban J connectivity index is 3.02. The lowest BCUT2D eigenvalue weighted by Gasteiger charge is -2.11. The van der Waals surface area contributed by atoms with E-state index in [9.17, 15) is 4.79 Å². The maximum Gasteiger partial charge on any atom is 0.269 e. The van der Waals surface area contributed by atoms with Gasteiger partial charge in [-0.1, -0.05) is 30.1 Å². The summed E-state index contributed by atoms with van der Waals surface area (Å²) >= 11 is 11.5. The molecule has 1 aromatic rings. The highest BCUT2D eigenvalue weighted by atomic mass is 35.5. The molecule has 0 fully saturated rings. The van der Waals surface area contributed by atoms with Crippen LogP contribution in [0.3, 0.4) is 0 Å². The summed E-state index contributed by atoms with van der Waals surface area (Å²) in [6.45, 7) is 2.40. The van der Waals surface area contributed by atoms with Crippen molar-refractivity contribution < 1.29 is 0 Å². The normalized spacial score (nSPS) is 12.9. The number of rotatable bonds is 3. The minimum absolute atomic E-state index is 0.0535. The van der Waals surface area contributed by atoms with E-state index >= 15 is 0 Å². The van der Waals surface area contributed by atoms with E-state index in [4.69, 9.17) is 28.9 Å². The van der Waals surface area contributed by atoms with Crippen molar-refractivity contribution in [3.63, 3.8) is 0 Å². The summed E-state index contributed by atoms with van der Waals surface area (Å²) in [6.07, 6.45) is 2.35. The molecule has 1 unspecified atom stereocenters.